The van der Waals surface area contributed by atoms with Crippen LogP contribution in [0.4, 0.5) is 9.59 Å². The van der Waals surface area contributed by atoms with E-state index in [9.17, 15) is 14.4 Å². The van der Waals surface area contributed by atoms with Gasteiger partial charge in [0, 0.05) is 6.54 Å². The maximum Gasteiger partial charge on any atom is 0.407 e. The molecule has 2 unspecified atom stereocenters. The highest BCUT2D eigenvalue weighted by atomic mass is 16.7. The zero-order valence-corrected chi connectivity index (χ0v) is 19.0. The molecule has 0 saturated carbocycles. The molecule has 0 aromatic heterocycles. The Hall–Kier alpha value is -2.85. The van der Waals surface area contributed by atoms with Gasteiger partial charge < -0.3 is 15.0 Å². The minimum atomic E-state index is -0.627. The third-order valence-electron chi connectivity index (χ3n) is 5.11. The maximum atomic E-state index is 12.8. The van der Waals surface area contributed by atoms with Crippen LogP contribution in [0.5, 0.6) is 0 Å². The molecule has 2 N–H and O–H groups in total. The van der Waals surface area contributed by atoms with Crippen LogP contribution in [0.1, 0.15) is 46.1 Å². The Labute approximate surface area is 188 Å². The number of nitrogens with zero attached hydrogens (tertiary/aromatic N) is 2. The van der Waals surface area contributed by atoms with Gasteiger partial charge in [0.15, 0.2) is 0 Å². The first-order valence-electron chi connectivity index (χ1n) is 10.8. The van der Waals surface area contributed by atoms with E-state index in [4.69, 9.17) is 14.4 Å². The first-order valence-corrected chi connectivity index (χ1v) is 10.8. The predicted molar refractivity (Wildman–Crippen MR) is 115 cm³/mol. The quantitative estimate of drug-likeness (QED) is 0.591. The Morgan fingerprint density at radius 2 is 1.91 bits per heavy atom. The molecule has 2 fully saturated rings. The number of benzene rings is 1. The molecule has 176 valence electrons. The van der Waals surface area contributed by atoms with E-state index >= 15 is 0 Å². The van der Waals surface area contributed by atoms with E-state index in [0.717, 1.165) is 5.56 Å². The number of nitrogens with one attached hydrogen (secondary N) is 2. The number of hydrogen-bond acceptors (Lipinski definition) is 6. The van der Waals surface area contributed by atoms with Gasteiger partial charge in [-0.05, 0) is 46.1 Å². The van der Waals surface area contributed by atoms with Crippen LogP contribution < -0.4 is 10.8 Å². The molecule has 1 aromatic rings. The van der Waals surface area contributed by atoms with Crippen molar-refractivity contribution in [2.45, 2.75) is 70.9 Å². The fourth-order valence-electron chi connectivity index (χ4n) is 3.65. The lowest BCUT2D eigenvalue weighted by molar-refractivity contribution is -0.141. The first kappa shape index (κ1) is 23.8. The van der Waals surface area contributed by atoms with Crippen LogP contribution in [0.15, 0.2) is 30.3 Å². The van der Waals surface area contributed by atoms with Gasteiger partial charge in [-0.2, -0.15) is 5.06 Å². The number of hydrogen-bond donors (Lipinski definition) is 2. The fourth-order valence-corrected chi connectivity index (χ4v) is 3.65. The number of carbonyl (C=O) groups is 3. The van der Waals surface area contributed by atoms with Gasteiger partial charge in [0.25, 0.3) is 5.91 Å². The molecule has 2 saturated heterocycles. The summed E-state index contributed by atoms with van der Waals surface area (Å²) in [6.45, 7) is 7.83. The highest BCUT2D eigenvalue weighted by Crippen LogP contribution is 2.30. The number of fused-ring (bicyclic) bond motifs is 2. The Kier molecular flexibility index (Phi) is 7.57. The van der Waals surface area contributed by atoms with Crippen molar-refractivity contribution in [3.05, 3.63) is 35.9 Å². The van der Waals surface area contributed by atoms with Crippen molar-refractivity contribution in [2.75, 3.05) is 13.2 Å². The number of piperidine rings is 1. The standard InChI is InChI=1S/C22H32N4O6/c1-15(23-20(28)32-22(2,3)4)13-30-24-19(27)18-11-10-17-12-25(18)21(29)26(17)31-14-16-8-6-5-7-9-16/h5-9,15,17-18H,10-14H2,1-4H3,(H,23,28)(H,24,27)/t15-,17?,18?/m0/s1. The van der Waals surface area contributed by atoms with Crippen molar-refractivity contribution in [3.63, 3.8) is 0 Å². The fraction of sp³-hybridized carbons (Fsp3) is 0.591. The second kappa shape index (κ2) is 10.2. The third kappa shape index (κ3) is 6.33. The smallest absolute Gasteiger partial charge is 0.407 e. The predicted octanol–water partition coefficient (Wildman–Crippen LogP) is 2.35. The number of urea groups is 1. The van der Waals surface area contributed by atoms with Crippen LogP contribution in [0.3, 0.4) is 0 Å². The summed E-state index contributed by atoms with van der Waals surface area (Å²) >= 11 is 0. The second-order valence-electron chi connectivity index (χ2n) is 9.09. The van der Waals surface area contributed by atoms with Gasteiger partial charge in [0.1, 0.15) is 18.2 Å². The van der Waals surface area contributed by atoms with Crippen molar-refractivity contribution in [1.82, 2.24) is 20.8 Å². The van der Waals surface area contributed by atoms with Crippen LogP contribution in [0, 0.1) is 0 Å². The molecule has 2 aliphatic rings. The summed E-state index contributed by atoms with van der Waals surface area (Å²) in [5.41, 5.74) is 2.76. The number of alkyl carbamates (subject to hydrolysis) is 1. The molecular formula is C22H32N4O6. The van der Waals surface area contributed by atoms with E-state index in [1.807, 2.05) is 30.3 Å². The topological polar surface area (TPSA) is 109 Å². The average molecular weight is 449 g/mol. The molecule has 10 nitrogen and oxygen atoms in total. The molecule has 0 aliphatic carbocycles. The Bertz CT molecular complexity index is 812. The lowest BCUT2D eigenvalue weighted by Gasteiger charge is -2.29. The largest absolute Gasteiger partial charge is 0.444 e. The molecular weight excluding hydrogens is 416 g/mol. The molecule has 3 atom stereocenters. The number of amides is 4. The monoisotopic (exact) mass is 448 g/mol. The van der Waals surface area contributed by atoms with Crippen molar-refractivity contribution >= 4 is 18.0 Å². The molecule has 3 rings (SSSR count). The van der Waals surface area contributed by atoms with Crippen molar-refractivity contribution in [1.29, 1.82) is 0 Å². The van der Waals surface area contributed by atoms with Gasteiger partial charge in [-0.25, -0.2) is 15.1 Å². The second-order valence-corrected chi connectivity index (χ2v) is 9.09. The summed E-state index contributed by atoms with van der Waals surface area (Å²) in [6.07, 6.45) is 0.616. The summed E-state index contributed by atoms with van der Waals surface area (Å²) in [5.74, 6) is -0.397. The highest BCUT2D eigenvalue weighted by molar-refractivity contribution is 5.88. The van der Waals surface area contributed by atoms with E-state index < -0.39 is 23.6 Å². The van der Waals surface area contributed by atoms with Gasteiger partial charge in [0.2, 0.25) is 0 Å². The third-order valence-corrected chi connectivity index (χ3v) is 5.11. The Balaban J connectivity index is 1.43. The zero-order valence-electron chi connectivity index (χ0n) is 19.0. The summed E-state index contributed by atoms with van der Waals surface area (Å²) in [7, 11) is 0. The normalized spacial score (nSPS) is 21.3. The molecule has 2 bridgehead atoms. The SMILES string of the molecule is C[C@@H](CONC(=O)C1CCC2CN1C(=O)N2OCc1ccccc1)NC(=O)OC(C)(C)C. The van der Waals surface area contributed by atoms with Gasteiger partial charge in [-0.1, -0.05) is 30.3 Å². The molecule has 1 aromatic carbocycles. The van der Waals surface area contributed by atoms with Crippen LogP contribution >= 0.6 is 0 Å². The minimum absolute atomic E-state index is 0.0561. The average Bonchev–Trinajstić information content (AvgIpc) is 2.95. The van der Waals surface area contributed by atoms with E-state index in [0.29, 0.717) is 26.0 Å². The zero-order chi connectivity index (χ0) is 23.3. The van der Waals surface area contributed by atoms with E-state index in [1.54, 1.807) is 27.7 Å². The summed E-state index contributed by atoms with van der Waals surface area (Å²) in [5, 5.41) is 4.01. The van der Waals surface area contributed by atoms with Crippen LogP contribution in [0.2, 0.25) is 0 Å². The van der Waals surface area contributed by atoms with Gasteiger partial charge in [-0.3, -0.25) is 14.5 Å². The number of carbonyl (C=O) groups excluding carboxylic acids is 3. The van der Waals surface area contributed by atoms with Gasteiger partial charge in [0.05, 0.1) is 18.7 Å². The molecule has 32 heavy (non-hydrogen) atoms. The van der Waals surface area contributed by atoms with Crippen LogP contribution in [-0.4, -0.2) is 64.9 Å². The highest BCUT2D eigenvalue weighted by Gasteiger charge is 2.48. The summed E-state index contributed by atoms with van der Waals surface area (Å²) < 4.78 is 5.18. The van der Waals surface area contributed by atoms with Gasteiger partial charge >= 0.3 is 12.1 Å². The van der Waals surface area contributed by atoms with Crippen molar-refractivity contribution in [2.24, 2.45) is 0 Å². The number of ether oxygens (including phenoxy) is 1. The molecule has 2 heterocycles. The lowest BCUT2D eigenvalue weighted by atomic mass is 10.0. The minimum Gasteiger partial charge on any atom is -0.444 e. The summed E-state index contributed by atoms with van der Waals surface area (Å²) in [6, 6.07) is 8.21. The molecule has 2 aliphatic heterocycles. The van der Waals surface area contributed by atoms with E-state index in [2.05, 4.69) is 10.8 Å². The lowest BCUT2D eigenvalue weighted by Crippen LogP contribution is -2.50. The Morgan fingerprint density at radius 1 is 1.19 bits per heavy atom. The molecule has 0 radical (unpaired) electrons. The molecule has 4 amide bonds. The van der Waals surface area contributed by atoms with Crippen molar-refractivity contribution < 1.29 is 28.8 Å². The van der Waals surface area contributed by atoms with E-state index in [1.165, 1.54) is 9.96 Å². The first-order chi connectivity index (χ1) is 15.1. The molecule has 10 heteroatoms. The number of rotatable bonds is 8. The Morgan fingerprint density at radius 3 is 2.59 bits per heavy atom. The maximum absolute atomic E-state index is 12.8. The van der Waals surface area contributed by atoms with Gasteiger partial charge in [-0.15, -0.1) is 0 Å². The number of hydroxylamine groups is 3. The van der Waals surface area contributed by atoms with Crippen molar-refractivity contribution in [3.8, 4) is 0 Å². The van der Waals surface area contributed by atoms with Crippen LogP contribution in [-0.2, 0) is 25.8 Å². The van der Waals surface area contributed by atoms with Crippen LogP contribution in [0.25, 0.3) is 0 Å². The summed E-state index contributed by atoms with van der Waals surface area (Å²) in [4.78, 5) is 49.7. The molecule has 0 spiro atoms. The van der Waals surface area contributed by atoms with E-state index in [-0.39, 0.29) is 24.7 Å².